The van der Waals surface area contributed by atoms with Crippen LogP contribution in [0.2, 0.25) is 10.0 Å². The molecule has 1 aliphatic heterocycles. The maximum atomic E-state index is 12.2. The standard InChI is InChI=1S/C17H20Cl2N4O2S/c1-9(2)6-10(3)22-23-17-21-16(25)14(26-17)8-15(24)20-11-4-5-12(18)13(19)7-11/h4-5,7,9,14H,6,8H2,1-3H3,(H,20,24)(H,21,23,25)/b22-10-/t14-/m1/s1. The number of nitrogens with one attached hydrogen (secondary N) is 2. The summed E-state index contributed by atoms with van der Waals surface area (Å²) in [5, 5.41) is 14.1. The predicted octanol–water partition coefficient (Wildman–Crippen LogP) is 4.33. The minimum Gasteiger partial charge on any atom is -0.326 e. The summed E-state index contributed by atoms with van der Waals surface area (Å²) in [7, 11) is 0. The van der Waals surface area contributed by atoms with Gasteiger partial charge in [-0.25, -0.2) is 0 Å². The molecule has 0 saturated carbocycles. The van der Waals surface area contributed by atoms with E-state index in [2.05, 4.69) is 34.7 Å². The van der Waals surface area contributed by atoms with E-state index in [4.69, 9.17) is 23.2 Å². The van der Waals surface area contributed by atoms with Crippen molar-refractivity contribution in [3.05, 3.63) is 28.2 Å². The van der Waals surface area contributed by atoms with Crippen LogP contribution in [0.25, 0.3) is 0 Å². The Balaban J connectivity index is 1.92. The van der Waals surface area contributed by atoms with Gasteiger partial charge in [-0.2, -0.15) is 5.10 Å². The number of carbonyl (C=O) groups is 2. The molecule has 1 atom stereocenters. The molecule has 0 aliphatic carbocycles. The Bertz CT molecular complexity index is 765. The van der Waals surface area contributed by atoms with E-state index in [-0.39, 0.29) is 18.2 Å². The monoisotopic (exact) mass is 414 g/mol. The summed E-state index contributed by atoms with van der Waals surface area (Å²) >= 11 is 13.0. The number of carbonyl (C=O) groups excluding carboxylic acids is 2. The predicted molar refractivity (Wildman–Crippen MR) is 109 cm³/mol. The first-order valence-corrected chi connectivity index (χ1v) is 9.71. The zero-order valence-electron chi connectivity index (χ0n) is 14.7. The molecule has 1 heterocycles. The second-order valence-corrected chi connectivity index (χ2v) is 8.32. The van der Waals surface area contributed by atoms with E-state index in [1.165, 1.54) is 11.8 Å². The van der Waals surface area contributed by atoms with Crippen LogP contribution in [0.5, 0.6) is 0 Å². The Labute approximate surface area is 166 Å². The largest absolute Gasteiger partial charge is 0.326 e. The lowest BCUT2D eigenvalue weighted by atomic mass is 10.1. The van der Waals surface area contributed by atoms with E-state index in [1.54, 1.807) is 18.2 Å². The van der Waals surface area contributed by atoms with E-state index in [0.29, 0.717) is 26.8 Å². The molecule has 1 saturated heterocycles. The third-order valence-corrected chi connectivity index (χ3v) is 5.18. The van der Waals surface area contributed by atoms with E-state index in [0.717, 1.165) is 12.1 Å². The SMILES string of the molecule is C/C(CC(C)C)=N/N=C1\NC(=O)[C@@H](CC(=O)Nc2ccc(Cl)c(Cl)c2)S1. The molecule has 2 amide bonds. The van der Waals surface area contributed by atoms with Crippen molar-refractivity contribution in [2.75, 3.05) is 5.32 Å². The summed E-state index contributed by atoms with van der Waals surface area (Å²) in [6.07, 6.45) is 0.856. The van der Waals surface area contributed by atoms with Crippen LogP contribution >= 0.6 is 35.0 Å². The average Bonchev–Trinajstić information content (AvgIpc) is 2.88. The zero-order valence-corrected chi connectivity index (χ0v) is 17.0. The van der Waals surface area contributed by atoms with Crippen molar-refractivity contribution in [3.63, 3.8) is 0 Å². The molecule has 0 bridgehead atoms. The van der Waals surface area contributed by atoms with Crippen LogP contribution in [0, 0.1) is 5.92 Å². The van der Waals surface area contributed by atoms with Crippen LogP contribution in [0.1, 0.15) is 33.6 Å². The molecule has 1 aromatic carbocycles. The number of nitrogens with zero attached hydrogens (tertiary/aromatic N) is 2. The van der Waals surface area contributed by atoms with E-state index < -0.39 is 5.25 Å². The van der Waals surface area contributed by atoms with Gasteiger partial charge in [-0.05, 0) is 37.5 Å². The molecule has 9 heteroatoms. The first kappa shape index (κ1) is 20.7. The lowest BCUT2D eigenvalue weighted by Gasteiger charge is -2.08. The molecule has 0 unspecified atom stereocenters. The molecule has 2 N–H and O–H groups in total. The van der Waals surface area contributed by atoms with Crippen LogP contribution in [0.3, 0.4) is 0 Å². The zero-order chi connectivity index (χ0) is 19.3. The van der Waals surface area contributed by atoms with Crippen molar-refractivity contribution >= 4 is 63.3 Å². The highest BCUT2D eigenvalue weighted by Gasteiger charge is 2.32. The molecule has 0 radical (unpaired) electrons. The summed E-state index contributed by atoms with van der Waals surface area (Å²) in [5.41, 5.74) is 1.42. The average molecular weight is 415 g/mol. The minimum absolute atomic E-state index is 0.0183. The van der Waals surface area contributed by atoms with Crippen molar-refractivity contribution in [2.45, 2.75) is 38.9 Å². The van der Waals surface area contributed by atoms with Crippen molar-refractivity contribution in [1.29, 1.82) is 0 Å². The maximum absolute atomic E-state index is 12.2. The quantitative estimate of drug-likeness (QED) is 0.536. The number of thioether (sulfide) groups is 1. The second kappa shape index (κ2) is 9.39. The summed E-state index contributed by atoms with van der Waals surface area (Å²) in [4.78, 5) is 24.2. The van der Waals surface area contributed by atoms with Gasteiger partial charge < -0.3 is 10.6 Å². The van der Waals surface area contributed by atoms with Crippen molar-refractivity contribution in [3.8, 4) is 0 Å². The van der Waals surface area contributed by atoms with Crippen LogP contribution in [0.15, 0.2) is 28.4 Å². The lowest BCUT2D eigenvalue weighted by molar-refractivity contribution is -0.122. The Morgan fingerprint density at radius 2 is 2.08 bits per heavy atom. The van der Waals surface area contributed by atoms with Gasteiger partial charge in [0.15, 0.2) is 5.17 Å². The first-order valence-electron chi connectivity index (χ1n) is 8.08. The van der Waals surface area contributed by atoms with Crippen LogP contribution < -0.4 is 10.6 Å². The number of hydrogen-bond acceptors (Lipinski definition) is 5. The van der Waals surface area contributed by atoms with Gasteiger partial charge >= 0.3 is 0 Å². The van der Waals surface area contributed by atoms with Crippen LogP contribution in [-0.4, -0.2) is 27.9 Å². The molecular formula is C17H20Cl2N4O2S. The van der Waals surface area contributed by atoms with Gasteiger partial charge in [-0.1, -0.05) is 48.8 Å². The highest BCUT2D eigenvalue weighted by molar-refractivity contribution is 8.15. The van der Waals surface area contributed by atoms with Crippen molar-refractivity contribution in [1.82, 2.24) is 5.32 Å². The fourth-order valence-electron chi connectivity index (χ4n) is 2.30. The topological polar surface area (TPSA) is 82.9 Å². The van der Waals surface area contributed by atoms with Crippen molar-refractivity contribution < 1.29 is 9.59 Å². The minimum atomic E-state index is -0.544. The van der Waals surface area contributed by atoms with Gasteiger partial charge in [-0.15, -0.1) is 5.10 Å². The Hall–Kier alpha value is -1.57. The summed E-state index contributed by atoms with van der Waals surface area (Å²) in [6.45, 7) is 6.09. The Morgan fingerprint density at radius 1 is 1.35 bits per heavy atom. The van der Waals surface area contributed by atoms with Gasteiger partial charge in [0.25, 0.3) is 0 Å². The number of anilines is 1. The van der Waals surface area contributed by atoms with E-state index >= 15 is 0 Å². The summed E-state index contributed by atoms with van der Waals surface area (Å²) < 4.78 is 0. The van der Waals surface area contributed by atoms with Gasteiger partial charge in [0, 0.05) is 17.8 Å². The maximum Gasteiger partial charge on any atom is 0.240 e. The second-order valence-electron chi connectivity index (χ2n) is 6.32. The highest BCUT2D eigenvalue weighted by atomic mass is 35.5. The van der Waals surface area contributed by atoms with Crippen LogP contribution in [-0.2, 0) is 9.59 Å². The fourth-order valence-corrected chi connectivity index (χ4v) is 3.52. The molecule has 2 rings (SSSR count). The van der Waals surface area contributed by atoms with E-state index in [1.807, 2.05) is 6.92 Å². The van der Waals surface area contributed by atoms with Gasteiger partial charge in [0.05, 0.1) is 10.0 Å². The number of benzene rings is 1. The molecule has 1 aliphatic rings. The summed E-state index contributed by atoms with van der Waals surface area (Å²) in [5.74, 6) is -0.0610. The van der Waals surface area contributed by atoms with Crippen molar-refractivity contribution in [2.24, 2.45) is 16.1 Å². The molecule has 0 aromatic heterocycles. The number of hydrogen-bond donors (Lipinski definition) is 2. The lowest BCUT2D eigenvalue weighted by Crippen LogP contribution is -2.28. The number of rotatable bonds is 6. The Kier molecular flexibility index (Phi) is 7.49. The molecule has 0 spiro atoms. The first-order chi connectivity index (χ1) is 12.2. The normalized spacial score (nSPS) is 19.2. The highest BCUT2D eigenvalue weighted by Crippen LogP contribution is 2.26. The van der Waals surface area contributed by atoms with Gasteiger partial charge in [-0.3, -0.25) is 9.59 Å². The molecular weight excluding hydrogens is 395 g/mol. The molecule has 1 aromatic rings. The van der Waals surface area contributed by atoms with Crippen LogP contribution in [0.4, 0.5) is 5.69 Å². The number of amides is 2. The fraction of sp³-hybridized carbons (Fsp3) is 0.412. The number of amidine groups is 1. The van der Waals surface area contributed by atoms with Gasteiger partial charge in [0.1, 0.15) is 5.25 Å². The smallest absolute Gasteiger partial charge is 0.240 e. The van der Waals surface area contributed by atoms with Gasteiger partial charge in [0.2, 0.25) is 11.8 Å². The third kappa shape index (κ3) is 6.30. The molecule has 6 nitrogen and oxygen atoms in total. The molecule has 26 heavy (non-hydrogen) atoms. The number of halogens is 2. The molecule has 1 fully saturated rings. The Morgan fingerprint density at radius 3 is 2.73 bits per heavy atom. The molecule has 140 valence electrons. The van der Waals surface area contributed by atoms with E-state index in [9.17, 15) is 9.59 Å². The summed E-state index contributed by atoms with van der Waals surface area (Å²) in [6, 6.07) is 4.80. The third-order valence-electron chi connectivity index (χ3n) is 3.37.